The highest BCUT2D eigenvalue weighted by Gasteiger charge is 2.26. The van der Waals surface area contributed by atoms with E-state index in [-0.39, 0.29) is 27.4 Å². The molecule has 0 aliphatic rings. The van der Waals surface area contributed by atoms with Gasteiger partial charge in [-0.15, -0.1) is 0 Å². The minimum atomic E-state index is -0.189. The number of phenols is 1. The summed E-state index contributed by atoms with van der Waals surface area (Å²) >= 11 is 0. The normalized spacial score (nSPS) is 12.6. The van der Waals surface area contributed by atoms with E-state index in [1.54, 1.807) is 6.07 Å². The van der Waals surface area contributed by atoms with Gasteiger partial charge in [-0.25, -0.2) is 4.98 Å². The highest BCUT2D eigenvalue weighted by Crippen LogP contribution is 2.45. The van der Waals surface area contributed by atoms with Gasteiger partial charge in [0, 0.05) is 40.8 Å². The Morgan fingerprint density at radius 1 is 0.382 bits per heavy atom. The summed E-state index contributed by atoms with van der Waals surface area (Å²) in [6.45, 7) is 27.5. The van der Waals surface area contributed by atoms with Crippen LogP contribution < -0.4 is 0 Å². The first-order valence-electron chi connectivity index (χ1n) is 26.8. The van der Waals surface area contributed by atoms with Crippen molar-refractivity contribution in [3.63, 3.8) is 0 Å². The van der Waals surface area contributed by atoms with Gasteiger partial charge in [0.2, 0.25) is 0 Å². The number of nitrogens with zero attached hydrogens (tertiary/aromatic N) is 4. The smallest absolute Gasteiger partial charge is 0.144 e. The first-order valence-corrected chi connectivity index (χ1v) is 26.8. The Kier molecular flexibility index (Phi) is 12.1. The fourth-order valence-electron chi connectivity index (χ4n) is 10.9. The summed E-state index contributed by atoms with van der Waals surface area (Å²) < 4.78 is 4.59. The summed E-state index contributed by atoms with van der Waals surface area (Å²) in [6.07, 6.45) is 1.96. The number of aromatic hydroxyl groups is 1. The lowest BCUT2D eigenvalue weighted by atomic mass is 9.80. The van der Waals surface area contributed by atoms with Gasteiger partial charge in [-0.1, -0.05) is 174 Å². The van der Waals surface area contributed by atoms with Crippen LogP contribution in [0.15, 0.2) is 182 Å². The van der Waals surface area contributed by atoms with Crippen LogP contribution in [0.5, 0.6) is 5.75 Å². The highest BCUT2D eigenvalue weighted by atomic mass is 16.3. The number of hydrogen-bond acceptors (Lipinski definition) is 3. The molecule has 0 unspecified atom stereocenters. The van der Waals surface area contributed by atoms with E-state index < -0.39 is 0 Å². The molecule has 380 valence electrons. The Labute approximate surface area is 449 Å². The summed E-state index contributed by atoms with van der Waals surface area (Å²) in [4.78, 5) is 10.5. The Balaban J connectivity index is 1.10. The molecule has 0 fully saturated rings. The molecule has 0 aliphatic carbocycles. The number of fused-ring (bicyclic) bond motifs is 4. The molecule has 3 heterocycles. The van der Waals surface area contributed by atoms with Crippen molar-refractivity contribution in [1.82, 2.24) is 19.1 Å². The van der Waals surface area contributed by atoms with E-state index in [4.69, 9.17) is 9.97 Å². The SMILES string of the molecule is Cn1c(-c2ccccc2O)nc2c(-c3cc(-c4cc(-c5ccc6c(c5)c5ccccc5n6-c5cc(C(C)(C)C)cc(C(C)(C)C)c5)ccn4)cc(C(C)(C)C)c3)cc(-c3cc(C(C)(C)C)ccc3-c3ccccc3)cc21. The topological polar surface area (TPSA) is 55.9 Å². The Morgan fingerprint density at radius 3 is 1.68 bits per heavy atom. The zero-order chi connectivity index (χ0) is 53.6. The van der Waals surface area contributed by atoms with E-state index in [1.807, 2.05) is 24.4 Å². The van der Waals surface area contributed by atoms with Crippen LogP contribution >= 0.6 is 0 Å². The van der Waals surface area contributed by atoms with Gasteiger partial charge in [0.25, 0.3) is 0 Å². The number of imidazole rings is 1. The van der Waals surface area contributed by atoms with Crippen LogP contribution in [0.4, 0.5) is 0 Å². The predicted molar refractivity (Wildman–Crippen MR) is 322 cm³/mol. The number of aromatic nitrogens is 4. The van der Waals surface area contributed by atoms with E-state index in [0.29, 0.717) is 11.4 Å². The maximum atomic E-state index is 11.2. The number of hydrogen-bond donors (Lipinski definition) is 1. The summed E-state index contributed by atoms with van der Waals surface area (Å²) in [5.41, 5.74) is 21.7. The number of phenolic OH excluding ortho intramolecular Hbond substituents is 1. The average Bonchev–Trinajstić information content (AvgIpc) is 3.96. The van der Waals surface area contributed by atoms with Crippen molar-refractivity contribution < 1.29 is 5.11 Å². The van der Waals surface area contributed by atoms with E-state index >= 15 is 0 Å². The molecule has 11 rings (SSSR count). The molecule has 0 spiro atoms. The van der Waals surface area contributed by atoms with Gasteiger partial charge in [0.1, 0.15) is 11.6 Å². The minimum Gasteiger partial charge on any atom is -0.507 e. The molecule has 0 radical (unpaired) electrons. The summed E-state index contributed by atoms with van der Waals surface area (Å²) in [5.74, 6) is 0.897. The van der Waals surface area contributed by atoms with Crippen LogP contribution in [-0.2, 0) is 28.7 Å². The molecular formula is C71H70N4O. The molecule has 76 heavy (non-hydrogen) atoms. The van der Waals surface area contributed by atoms with E-state index in [0.717, 1.165) is 61.2 Å². The second-order valence-electron chi connectivity index (χ2n) is 25.1. The first-order chi connectivity index (χ1) is 36.0. The van der Waals surface area contributed by atoms with Crippen molar-refractivity contribution in [3.8, 4) is 78.6 Å². The maximum absolute atomic E-state index is 11.2. The van der Waals surface area contributed by atoms with Gasteiger partial charge >= 0.3 is 0 Å². The molecule has 0 amide bonds. The molecule has 5 nitrogen and oxygen atoms in total. The van der Waals surface area contributed by atoms with Crippen molar-refractivity contribution in [2.45, 2.75) is 105 Å². The molecule has 0 saturated carbocycles. The third-order valence-corrected chi connectivity index (χ3v) is 15.5. The Bertz CT molecular complexity index is 4010. The number of benzene rings is 8. The third kappa shape index (κ3) is 9.20. The van der Waals surface area contributed by atoms with E-state index in [2.05, 4.69) is 251 Å². The lowest BCUT2D eigenvalue weighted by molar-refractivity contribution is 0.476. The van der Waals surface area contributed by atoms with Gasteiger partial charge < -0.3 is 14.2 Å². The van der Waals surface area contributed by atoms with E-state index in [1.165, 1.54) is 55.3 Å². The van der Waals surface area contributed by atoms with Crippen LogP contribution in [0.2, 0.25) is 0 Å². The molecule has 5 heteroatoms. The van der Waals surface area contributed by atoms with Gasteiger partial charge in [-0.05, 0) is 168 Å². The molecule has 8 aromatic carbocycles. The zero-order valence-corrected chi connectivity index (χ0v) is 46.6. The van der Waals surface area contributed by atoms with Crippen molar-refractivity contribution >= 4 is 32.8 Å². The fourth-order valence-corrected chi connectivity index (χ4v) is 10.9. The quantitative estimate of drug-likeness (QED) is 0.173. The molecule has 11 aromatic rings. The van der Waals surface area contributed by atoms with Gasteiger partial charge in [0.05, 0.1) is 33.3 Å². The van der Waals surface area contributed by atoms with Gasteiger partial charge in [0.15, 0.2) is 0 Å². The van der Waals surface area contributed by atoms with Crippen LogP contribution in [-0.4, -0.2) is 24.2 Å². The molecule has 0 aliphatic heterocycles. The first kappa shape index (κ1) is 50.2. The van der Waals surface area contributed by atoms with E-state index in [9.17, 15) is 5.11 Å². The molecule has 0 saturated heterocycles. The zero-order valence-electron chi connectivity index (χ0n) is 46.6. The number of rotatable bonds is 7. The number of aryl methyl sites for hydroxylation is 1. The molecule has 3 aromatic heterocycles. The highest BCUT2D eigenvalue weighted by molar-refractivity contribution is 6.10. The largest absolute Gasteiger partial charge is 0.507 e. The number of para-hydroxylation sites is 2. The third-order valence-electron chi connectivity index (χ3n) is 15.5. The van der Waals surface area contributed by atoms with Crippen molar-refractivity contribution in [1.29, 1.82) is 0 Å². The van der Waals surface area contributed by atoms with Gasteiger partial charge in [-0.2, -0.15) is 0 Å². The average molecular weight is 995 g/mol. The molecular weight excluding hydrogens is 925 g/mol. The predicted octanol–water partition coefficient (Wildman–Crippen LogP) is 19.0. The molecule has 0 bridgehead atoms. The van der Waals surface area contributed by atoms with Crippen LogP contribution in [0.25, 0.3) is 106 Å². The maximum Gasteiger partial charge on any atom is 0.144 e. The van der Waals surface area contributed by atoms with Crippen LogP contribution in [0.3, 0.4) is 0 Å². The second kappa shape index (κ2) is 18.4. The summed E-state index contributed by atoms with van der Waals surface area (Å²) in [5, 5.41) is 13.7. The Morgan fingerprint density at radius 2 is 0.987 bits per heavy atom. The second-order valence-corrected chi connectivity index (χ2v) is 25.1. The summed E-state index contributed by atoms with van der Waals surface area (Å²) in [6, 6.07) is 64.0. The number of pyridine rings is 1. The monoisotopic (exact) mass is 995 g/mol. The van der Waals surface area contributed by atoms with Crippen molar-refractivity contribution in [2.24, 2.45) is 7.05 Å². The van der Waals surface area contributed by atoms with Gasteiger partial charge in [-0.3, -0.25) is 4.98 Å². The fraction of sp³-hybridized carbons (Fsp3) is 0.239. The van der Waals surface area contributed by atoms with Crippen molar-refractivity contribution in [2.75, 3.05) is 0 Å². The standard InChI is InChI=1S/C71H70N4O/c1-68(2,3)50-28-29-55(44-21-15-14-16-22-44)58(43-50)48-37-59(66-64(39-48)74(13)67(73-66)57-24-18-20-26-65(57)76)47-33-49(35-51(34-47)69(4,5)6)61-38-46(31-32-72-61)45-27-30-63-60(36-45)56-23-17-19-25-62(56)75(63)54-41-52(70(7,8)9)40-53(42-54)71(10,11)12/h14-43,76H,1-13H3. The van der Waals surface area contributed by atoms with Crippen LogP contribution in [0.1, 0.15) is 105 Å². The molecule has 1 N–H and O–H groups in total. The lowest BCUT2D eigenvalue weighted by Gasteiger charge is -2.26. The molecule has 0 atom stereocenters. The summed E-state index contributed by atoms with van der Waals surface area (Å²) in [7, 11) is 2.06. The lowest BCUT2D eigenvalue weighted by Crippen LogP contribution is -2.17. The van der Waals surface area contributed by atoms with Crippen LogP contribution in [0, 0.1) is 0 Å². The minimum absolute atomic E-state index is 0.00906. The Hall–Kier alpha value is -8.02. The van der Waals surface area contributed by atoms with Crippen molar-refractivity contribution in [3.05, 3.63) is 204 Å².